The summed E-state index contributed by atoms with van der Waals surface area (Å²) in [6.45, 7) is 0. The molecule has 0 radical (unpaired) electrons. The standard InChI is InChI=1S/C18H20N4O2.2ClH/c19-18(20)22-12-5-6-13(22)8-11(7-12)16-14(17(23)24)9-10-3-1-2-4-15(10)21-16;;/h1-4,9,11-13H,5-8H2,(H3,19,20)(H,23,24);2*1H. The molecule has 26 heavy (non-hydrogen) atoms. The maximum Gasteiger partial charge on any atom is 0.337 e. The van der Waals surface area contributed by atoms with Crippen LogP contribution in [0.3, 0.4) is 0 Å². The van der Waals surface area contributed by atoms with Crippen molar-refractivity contribution in [2.45, 2.75) is 43.7 Å². The fourth-order valence-corrected chi connectivity index (χ4v) is 4.41. The molecule has 1 aromatic carbocycles. The van der Waals surface area contributed by atoms with Crippen LogP contribution >= 0.6 is 24.8 Å². The molecule has 2 aromatic rings. The number of carboxylic acids is 1. The lowest BCUT2D eigenvalue weighted by molar-refractivity contribution is 0.0693. The third-order valence-corrected chi connectivity index (χ3v) is 5.38. The fourth-order valence-electron chi connectivity index (χ4n) is 4.41. The number of nitrogens with one attached hydrogen (secondary N) is 1. The molecule has 4 N–H and O–H groups in total. The van der Waals surface area contributed by atoms with Crippen molar-refractivity contribution in [3.63, 3.8) is 0 Å². The molecule has 2 saturated heterocycles. The lowest BCUT2D eigenvalue weighted by Crippen LogP contribution is -2.49. The van der Waals surface area contributed by atoms with E-state index in [0.29, 0.717) is 11.3 Å². The number of aromatic carboxylic acids is 1. The molecule has 2 aliphatic rings. The molecule has 6 nitrogen and oxygen atoms in total. The van der Waals surface area contributed by atoms with Gasteiger partial charge in [-0.05, 0) is 37.8 Å². The Kier molecular flexibility index (Phi) is 5.98. The number of nitrogens with zero attached hydrogens (tertiary/aromatic N) is 2. The minimum atomic E-state index is -0.926. The molecule has 0 amide bonds. The Hall–Kier alpha value is -2.05. The van der Waals surface area contributed by atoms with E-state index in [1.807, 2.05) is 29.2 Å². The second-order valence-electron chi connectivity index (χ2n) is 6.76. The van der Waals surface area contributed by atoms with Gasteiger partial charge in [-0.15, -0.1) is 24.8 Å². The number of pyridine rings is 1. The van der Waals surface area contributed by atoms with E-state index in [1.54, 1.807) is 6.07 Å². The summed E-state index contributed by atoms with van der Waals surface area (Å²) in [6, 6.07) is 9.80. The number of fused-ring (bicyclic) bond motifs is 3. The van der Waals surface area contributed by atoms with Gasteiger partial charge in [0.2, 0.25) is 0 Å². The third-order valence-electron chi connectivity index (χ3n) is 5.38. The van der Waals surface area contributed by atoms with E-state index in [2.05, 4.69) is 0 Å². The van der Waals surface area contributed by atoms with Crippen molar-refractivity contribution >= 4 is 47.6 Å². The largest absolute Gasteiger partial charge is 0.478 e. The number of guanidine groups is 1. The number of piperidine rings is 1. The van der Waals surface area contributed by atoms with E-state index in [1.165, 1.54) is 0 Å². The Morgan fingerprint density at radius 2 is 1.81 bits per heavy atom. The highest BCUT2D eigenvalue weighted by Crippen LogP contribution is 2.43. The first-order valence-corrected chi connectivity index (χ1v) is 8.30. The number of para-hydroxylation sites is 1. The lowest BCUT2D eigenvalue weighted by Gasteiger charge is -2.39. The number of halogens is 2. The maximum atomic E-state index is 11.8. The van der Waals surface area contributed by atoms with Gasteiger partial charge in [-0.1, -0.05) is 18.2 Å². The normalized spacial score (nSPS) is 23.8. The van der Waals surface area contributed by atoms with Crippen LogP contribution in [0, 0.1) is 5.41 Å². The van der Waals surface area contributed by atoms with Crippen LogP contribution in [0.5, 0.6) is 0 Å². The summed E-state index contributed by atoms with van der Waals surface area (Å²) in [5.41, 5.74) is 7.54. The second kappa shape index (κ2) is 7.68. The van der Waals surface area contributed by atoms with E-state index >= 15 is 0 Å². The molecule has 0 saturated carbocycles. The van der Waals surface area contributed by atoms with Gasteiger partial charge in [0, 0.05) is 23.4 Å². The highest BCUT2D eigenvalue weighted by atomic mass is 35.5. The number of rotatable bonds is 2. The summed E-state index contributed by atoms with van der Waals surface area (Å²) in [5.74, 6) is -0.690. The van der Waals surface area contributed by atoms with E-state index < -0.39 is 5.97 Å². The quantitative estimate of drug-likeness (QED) is 0.533. The number of carbonyl (C=O) groups is 1. The van der Waals surface area contributed by atoms with E-state index in [0.717, 1.165) is 36.6 Å². The number of carboxylic acid groups (broad SMARTS) is 1. The number of nitrogens with two attached hydrogens (primary N) is 1. The molecule has 0 aliphatic carbocycles. The Morgan fingerprint density at radius 3 is 2.38 bits per heavy atom. The molecule has 4 rings (SSSR count). The molecule has 2 bridgehead atoms. The van der Waals surface area contributed by atoms with Crippen molar-refractivity contribution < 1.29 is 9.90 Å². The Morgan fingerprint density at radius 1 is 1.19 bits per heavy atom. The monoisotopic (exact) mass is 396 g/mol. The average Bonchev–Trinajstić information content (AvgIpc) is 2.84. The molecule has 8 heteroatoms. The number of hydrogen-bond donors (Lipinski definition) is 3. The van der Waals surface area contributed by atoms with Crippen LogP contribution in [-0.4, -0.2) is 39.0 Å². The van der Waals surface area contributed by atoms with Gasteiger partial charge in [0.05, 0.1) is 16.8 Å². The smallest absolute Gasteiger partial charge is 0.337 e. The van der Waals surface area contributed by atoms with E-state index in [-0.39, 0.29) is 48.8 Å². The molecule has 2 unspecified atom stereocenters. The predicted molar refractivity (Wildman–Crippen MR) is 106 cm³/mol. The van der Waals surface area contributed by atoms with E-state index in [9.17, 15) is 9.90 Å². The zero-order valence-corrected chi connectivity index (χ0v) is 15.7. The second-order valence-corrected chi connectivity index (χ2v) is 6.76. The molecule has 3 heterocycles. The zero-order chi connectivity index (χ0) is 16.8. The van der Waals surface area contributed by atoms with Crippen molar-refractivity contribution in [2.75, 3.05) is 0 Å². The molecule has 0 spiro atoms. The minimum absolute atomic E-state index is 0. The average molecular weight is 397 g/mol. The van der Waals surface area contributed by atoms with Gasteiger partial charge in [-0.2, -0.15) is 0 Å². The van der Waals surface area contributed by atoms with Crippen LogP contribution in [0.15, 0.2) is 30.3 Å². The Bertz CT molecular complexity index is 831. The highest BCUT2D eigenvalue weighted by molar-refractivity contribution is 5.94. The van der Waals surface area contributed by atoms with Crippen molar-refractivity contribution in [3.8, 4) is 0 Å². The molecule has 2 aliphatic heterocycles. The van der Waals surface area contributed by atoms with E-state index in [4.69, 9.17) is 16.1 Å². The Labute approximate surface area is 164 Å². The zero-order valence-electron chi connectivity index (χ0n) is 14.1. The van der Waals surface area contributed by atoms with Gasteiger partial charge in [0.1, 0.15) is 0 Å². The first kappa shape index (κ1) is 20.3. The molecular weight excluding hydrogens is 375 g/mol. The summed E-state index contributed by atoms with van der Waals surface area (Å²) in [7, 11) is 0. The summed E-state index contributed by atoms with van der Waals surface area (Å²) in [4.78, 5) is 18.5. The molecule has 140 valence electrons. The minimum Gasteiger partial charge on any atom is -0.478 e. The van der Waals surface area contributed by atoms with Gasteiger partial charge >= 0.3 is 5.97 Å². The number of aromatic nitrogens is 1. The lowest BCUT2D eigenvalue weighted by atomic mass is 9.85. The first-order chi connectivity index (χ1) is 11.5. The van der Waals surface area contributed by atoms with Crippen LogP contribution in [0.1, 0.15) is 47.7 Å². The van der Waals surface area contributed by atoms with Gasteiger partial charge in [-0.3, -0.25) is 10.4 Å². The summed E-state index contributed by atoms with van der Waals surface area (Å²) < 4.78 is 0. The molecule has 2 atom stereocenters. The highest BCUT2D eigenvalue weighted by Gasteiger charge is 2.43. The van der Waals surface area contributed by atoms with Crippen molar-refractivity contribution in [1.82, 2.24) is 9.88 Å². The molecular formula is C18H22Cl2N4O2. The topological polar surface area (TPSA) is 103 Å². The maximum absolute atomic E-state index is 11.8. The summed E-state index contributed by atoms with van der Waals surface area (Å²) in [5, 5.41) is 18.3. The fraction of sp³-hybridized carbons (Fsp3) is 0.389. The van der Waals surface area contributed by atoms with Gasteiger partial charge in [-0.25, -0.2) is 4.79 Å². The molecule has 2 fully saturated rings. The number of hydrogen-bond acceptors (Lipinski definition) is 3. The van der Waals surface area contributed by atoms with Crippen molar-refractivity contribution in [2.24, 2.45) is 5.73 Å². The van der Waals surface area contributed by atoms with Gasteiger partial charge in [0.15, 0.2) is 5.96 Å². The van der Waals surface area contributed by atoms with Crippen LogP contribution < -0.4 is 5.73 Å². The van der Waals surface area contributed by atoms with Crippen LogP contribution in [0.2, 0.25) is 0 Å². The number of benzene rings is 1. The van der Waals surface area contributed by atoms with Gasteiger partial charge < -0.3 is 15.7 Å². The van der Waals surface area contributed by atoms with Crippen molar-refractivity contribution in [3.05, 3.63) is 41.6 Å². The first-order valence-electron chi connectivity index (χ1n) is 8.30. The van der Waals surface area contributed by atoms with Crippen LogP contribution in [-0.2, 0) is 0 Å². The summed E-state index contributed by atoms with van der Waals surface area (Å²) in [6.07, 6.45) is 3.64. The van der Waals surface area contributed by atoms with Crippen molar-refractivity contribution in [1.29, 1.82) is 5.41 Å². The Balaban J connectivity index is 0.00000121. The van der Waals surface area contributed by atoms with Crippen LogP contribution in [0.25, 0.3) is 10.9 Å². The predicted octanol–water partition coefficient (Wildman–Crippen LogP) is 3.38. The third kappa shape index (κ3) is 3.31. The SMILES string of the molecule is Cl.Cl.N=C(N)N1C2CCC1CC(c1nc3ccccc3cc1C(=O)O)C2. The summed E-state index contributed by atoms with van der Waals surface area (Å²) >= 11 is 0. The van der Waals surface area contributed by atoms with Gasteiger partial charge in [0.25, 0.3) is 0 Å². The van der Waals surface area contributed by atoms with Crippen LogP contribution in [0.4, 0.5) is 0 Å². The molecule has 1 aromatic heterocycles.